The molecule has 2 nitrogen and oxygen atoms in total. The first-order valence-electron chi connectivity index (χ1n) is 6.37. The molecule has 1 aliphatic carbocycles. The Bertz CT molecular complexity index is 392. The molecule has 1 fully saturated rings. The Morgan fingerprint density at radius 3 is 2.71 bits per heavy atom. The van der Waals surface area contributed by atoms with Crippen molar-refractivity contribution in [1.29, 1.82) is 0 Å². The van der Waals surface area contributed by atoms with Crippen LogP contribution in [0.25, 0.3) is 0 Å². The number of anilines is 2. The monoisotopic (exact) mass is 252 g/mol. The van der Waals surface area contributed by atoms with Gasteiger partial charge in [0, 0.05) is 18.1 Å². The smallest absolute Gasteiger partial charge is 0.0614 e. The van der Waals surface area contributed by atoms with Crippen LogP contribution in [0.15, 0.2) is 18.2 Å². The lowest BCUT2D eigenvalue weighted by molar-refractivity contribution is 0.322. The Kier molecular flexibility index (Phi) is 3.82. The van der Waals surface area contributed by atoms with Crippen molar-refractivity contribution >= 4 is 23.0 Å². The number of nitrogen functional groups attached to an aromatic ring is 1. The maximum atomic E-state index is 6.05. The molecular formula is C14H21ClN2. The number of benzene rings is 1. The van der Waals surface area contributed by atoms with Crippen molar-refractivity contribution < 1.29 is 0 Å². The van der Waals surface area contributed by atoms with Gasteiger partial charge in [0.05, 0.1) is 11.4 Å². The third kappa shape index (κ3) is 2.68. The van der Waals surface area contributed by atoms with Crippen LogP contribution < -0.4 is 10.6 Å². The van der Waals surface area contributed by atoms with Crippen LogP contribution in [-0.2, 0) is 0 Å². The van der Waals surface area contributed by atoms with Gasteiger partial charge in [-0.2, -0.15) is 0 Å². The van der Waals surface area contributed by atoms with E-state index in [-0.39, 0.29) is 0 Å². The van der Waals surface area contributed by atoms with Gasteiger partial charge in [0.15, 0.2) is 0 Å². The summed E-state index contributed by atoms with van der Waals surface area (Å²) in [5.41, 5.74) is 7.92. The minimum absolute atomic E-state index is 0.588. The van der Waals surface area contributed by atoms with Crippen LogP contribution in [0, 0.1) is 5.92 Å². The van der Waals surface area contributed by atoms with E-state index in [9.17, 15) is 0 Å². The van der Waals surface area contributed by atoms with E-state index in [1.807, 2.05) is 18.2 Å². The summed E-state index contributed by atoms with van der Waals surface area (Å²) in [6.45, 7) is 2.33. The Hall–Kier alpha value is -0.890. The molecule has 0 radical (unpaired) electrons. The second-order valence-electron chi connectivity index (χ2n) is 5.14. The summed E-state index contributed by atoms with van der Waals surface area (Å²) in [6, 6.07) is 6.29. The minimum Gasteiger partial charge on any atom is -0.397 e. The summed E-state index contributed by atoms with van der Waals surface area (Å²) in [5, 5.41) is 0.754. The molecule has 1 aliphatic rings. The highest BCUT2D eigenvalue weighted by molar-refractivity contribution is 6.31. The molecule has 2 rings (SSSR count). The third-order valence-corrected chi connectivity index (χ3v) is 4.17. The molecule has 1 aromatic rings. The van der Waals surface area contributed by atoms with Crippen molar-refractivity contribution in [2.75, 3.05) is 17.7 Å². The molecule has 2 N–H and O–H groups in total. The Balaban J connectivity index is 2.23. The number of hydrogen-bond donors (Lipinski definition) is 1. The van der Waals surface area contributed by atoms with Crippen molar-refractivity contribution in [2.24, 2.45) is 5.92 Å². The molecule has 1 aromatic carbocycles. The van der Waals surface area contributed by atoms with E-state index >= 15 is 0 Å². The lowest BCUT2D eigenvalue weighted by Crippen LogP contribution is -2.39. The molecule has 2 atom stereocenters. The predicted octanol–water partition coefficient (Wildman–Crippen LogP) is 3.94. The normalized spacial score (nSPS) is 24.6. The standard InChI is InChI=1S/C14H21ClN2/c1-10-5-3-4-6-13(10)17(2)14-9-11(15)7-8-12(14)16/h7-10,13H,3-6,16H2,1-2H3. The van der Waals surface area contributed by atoms with Gasteiger partial charge in [-0.25, -0.2) is 0 Å². The molecule has 3 heteroatoms. The molecule has 0 amide bonds. The zero-order valence-corrected chi connectivity index (χ0v) is 11.4. The van der Waals surface area contributed by atoms with E-state index in [1.165, 1.54) is 25.7 Å². The number of nitrogens with zero attached hydrogens (tertiary/aromatic N) is 1. The van der Waals surface area contributed by atoms with Crippen LogP contribution in [0.2, 0.25) is 5.02 Å². The van der Waals surface area contributed by atoms with Crippen LogP contribution in [-0.4, -0.2) is 13.1 Å². The maximum Gasteiger partial charge on any atom is 0.0614 e. The fraction of sp³-hybridized carbons (Fsp3) is 0.571. The second kappa shape index (κ2) is 5.18. The van der Waals surface area contributed by atoms with Gasteiger partial charge in [0.25, 0.3) is 0 Å². The third-order valence-electron chi connectivity index (χ3n) is 3.94. The molecule has 0 spiro atoms. The fourth-order valence-electron chi connectivity index (χ4n) is 2.87. The number of rotatable bonds is 2. The average Bonchev–Trinajstić information content (AvgIpc) is 2.32. The van der Waals surface area contributed by atoms with Gasteiger partial charge in [0.1, 0.15) is 0 Å². The van der Waals surface area contributed by atoms with Crippen molar-refractivity contribution in [1.82, 2.24) is 0 Å². The van der Waals surface area contributed by atoms with Crippen LogP contribution in [0.5, 0.6) is 0 Å². The van der Waals surface area contributed by atoms with E-state index in [2.05, 4.69) is 18.9 Å². The quantitative estimate of drug-likeness (QED) is 0.808. The Morgan fingerprint density at radius 1 is 1.29 bits per heavy atom. The van der Waals surface area contributed by atoms with E-state index in [1.54, 1.807) is 0 Å². The van der Waals surface area contributed by atoms with E-state index in [0.29, 0.717) is 6.04 Å². The molecule has 0 bridgehead atoms. The van der Waals surface area contributed by atoms with Gasteiger partial charge in [-0.15, -0.1) is 0 Å². The van der Waals surface area contributed by atoms with Gasteiger partial charge < -0.3 is 10.6 Å². The first-order valence-corrected chi connectivity index (χ1v) is 6.75. The van der Waals surface area contributed by atoms with Crippen molar-refractivity contribution in [3.05, 3.63) is 23.2 Å². The molecule has 0 aromatic heterocycles. The van der Waals surface area contributed by atoms with Gasteiger partial charge in [-0.3, -0.25) is 0 Å². The Labute approximate surface area is 109 Å². The summed E-state index contributed by atoms with van der Waals surface area (Å²) in [5.74, 6) is 0.729. The van der Waals surface area contributed by atoms with Crippen LogP contribution in [0.1, 0.15) is 32.6 Å². The second-order valence-corrected chi connectivity index (χ2v) is 5.58. The zero-order valence-electron chi connectivity index (χ0n) is 10.6. The first-order chi connectivity index (χ1) is 8.09. The minimum atomic E-state index is 0.588. The molecule has 17 heavy (non-hydrogen) atoms. The van der Waals surface area contributed by atoms with Crippen molar-refractivity contribution in [3.8, 4) is 0 Å². The average molecular weight is 253 g/mol. The van der Waals surface area contributed by atoms with Gasteiger partial charge in [-0.1, -0.05) is 31.4 Å². The topological polar surface area (TPSA) is 29.3 Å². The largest absolute Gasteiger partial charge is 0.397 e. The number of nitrogens with two attached hydrogens (primary N) is 1. The molecular weight excluding hydrogens is 232 g/mol. The van der Waals surface area contributed by atoms with Crippen LogP contribution >= 0.6 is 11.6 Å². The highest BCUT2D eigenvalue weighted by Crippen LogP contribution is 2.34. The first kappa shape index (κ1) is 12.6. The Morgan fingerprint density at radius 2 is 2.00 bits per heavy atom. The summed E-state index contributed by atoms with van der Waals surface area (Å²) in [6.07, 6.45) is 5.25. The maximum absolute atomic E-state index is 6.05. The van der Waals surface area contributed by atoms with E-state index in [0.717, 1.165) is 22.3 Å². The number of halogens is 1. The van der Waals surface area contributed by atoms with Gasteiger partial charge >= 0.3 is 0 Å². The molecule has 2 unspecified atom stereocenters. The fourth-order valence-corrected chi connectivity index (χ4v) is 3.04. The lowest BCUT2D eigenvalue weighted by Gasteiger charge is -2.38. The summed E-state index contributed by atoms with van der Waals surface area (Å²) < 4.78 is 0. The van der Waals surface area contributed by atoms with E-state index < -0.39 is 0 Å². The molecule has 0 aliphatic heterocycles. The molecule has 0 saturated heterocycles. The predicted molar refractivity (Wildman–Crippen MR) is 75.7 cm³/mol. The van der Waals surface area contributed by atoms with E-state index in [4.69, 9.17) is 17.3 Å². The van der Waals surface area contributed by atoms with Crippen molar-refractivity contribution in [2.45, 2.75) is 38.6 Å². The SMILES string of the molecule is CC1CCCCC1N(C)c1cc(Cl)ccc1N. The van der Waals surface area contributed by atoms with Crippen LogP contribution in [0.3, 0.4) is 0 Å². The summed E-state index contributed by atoms with van der Waals surface area (Å²) in [4.78, 5) is 2.31. The summed E-state index contributed by atoms with van der Waals surface area (Å²) in [7, 11) is 2.13. The van der Waals surface area contributed by atoms with Gasteiger partial charge in [-0.05, 0) is 37.0 Å². The van der Waals surface area contributed by atoms with Crippen molar-refractivity contribution in [3.63, 3.8) is 0 Å². The van der Waals surface area contributed by atoms with Crippen LogP contribution in [0.4, 0.5) is 11.4 Å². The molecule has 94 valence electrons. The molecule has 0 heterocycles. The molecule has 1 saturated carbocycles. The highest BCUT2D eigenvalue weighted by Gasteiger charge is 2.26. The highest BCUT2D eigenvalue weighted by atomic mass is 35.5. The lowest BCUT2D eigenvalue weighted by atomic mass is 9.85. The number of hydrogen-bond acceptors (Lipinski definition) is 2. The summed E-state index contributed by atoms with van der Waals surface area (Å²) >= 11 is 6.05. The van der Waals surface area contributed by atoms with Gasteiger partial charge in [0.2, 0.25) is 0 Å². The zero-order chi connectivity index (χ0) is 12.4.